The van der Waals surface area contributed by atoms with E-state index >= 15 is 0 Å². The van der Waals surface area contributed by atoms with E-state index in [0.29, 0.717) is 6.54 Å². The Kier molecular flexibility index (Phi) is 4.68. The molecule has 1 aliphatic heterocycles. The summed E-state index contributed by atoms with van der Waals surface area (Å²) in [6.45, 7) is 0.300. The number of halogens is 2. The fourth-order valence-electron chi connectivity index (χ4n) is 2.06. The number of nitrogens with one attached hydrogen (secondary N) is 2. The maximum atomic E-state index is 12.0. The molecule has 4 nitrogen and oxygen atoms in total. The van der Waals surface area contributed by atoms with Gasteiger partial charge in [0.1, 0.15) is 6.61 Å². The van der Waals surface area contributed by atoms with Crippen LogP contribution in [-0.2, 0) is 9.53 Å². The summed E-state index contributed by atoms with van der Waals surface area (Å²) < 4.78 is 28.3. The molecule has 0 spiro atoms. The molecule has 6 heteroatoms. The fraction of sp³-hybridized carbons (Fsp3) is 0.462. The number of carbonyl (C=O) groups is 1. The highest BCUT2D eigenvalue weighted by Crippen LogP contribution is 2.30. The topological polar surface area (TPSA) is 50.4 Å². The molecule has 2 rings (SSSR count). The summed E-state index contributed by atoms with van der Waals surface area (Å²) in [6.07, 6.45) is -2.47. The molecule has 1 unspecified atom stereocenters. The van der Waals surface area contributed by atoms with E-state index < -0.39 is 13.0 Å². The second kappa shape index (κ2) is 6.47. The van der Waals surface area contributed by atoms with Crippen molar-refractivity contribution in [2.24, 2.45) is 0 Å². The highest BCUT2D eigenvalue weighted by atomic mass is 19.3. The maximum absolute atomic E-state index is 12.0. The number of anilines is 1. The molecule has 1 heterocycles. The van der Waals surface area contributed by atoms with E-state index in [1.165, 1.54) is 0 Å². The van der Waals surface area contributed by atoms with Crippen LogP contribution in [0.5, 0.6) is 0 Å². The van der Waals surface area contributed by atoms with Gasteiger partial charge in [-0.25, -0.2) is 8.78 Å². The minimum absolute atomic E-state index is 0.0951. The second-order valence-corrected chi connectivity index (χ2v) is 4.28. The average Bonchev–Trinajstić information content (AvgIpc) is 2.81. The predicted octanol–water partition coefficient (Wildman–Crippen LogP) is 1.59. The van der Waals surface area contributed by atoms with Crippen molar-refractivity contribution in [2.75, 3.05) is 31.6 Å². The third-order valence-electron chi connectivity index (χ3n) is 2.94. The first-order chi connectivity index (χ1) is 9.18. The van der Waals surface area contributed by atoms with E-state index in [2.05, 4.69) is 10.6 Å². The van der Waals surface area contributed by atoms with Gasteiger partial charge in [-0.15, -0.1) is 0 Å². The number of hydrogen-bond acceptors (Lipinski definition) is 3. The third kappa shape index (κ3) is 3.64. The molecule has 104 valence electrons. The SMILES string of the molecule is O=C(NCCOCC(F)F)C1CNc2ccccc21. The van der Waals surface area contributed by atoms with Crippen LogP contribution in [0, 0.1) is 0 Å². The molecule has 1 aromatic carbocycles. The van der Waals surface area contributed by atoms with E-state index in [-0.39, 0.29) is 25.0 Å². The van der Waals surface area contributed by atoms with Gasteiger partial charge in [-0.2, -0.15) is 0 Å². The lowest BCUT2D eigenvalue weighted by Crippen LogP contribution is -2.33. The Labute approximate surface area is 110 Å². The molecule has 1 amide bonds. The summed E-state index contributed by atoms with van der Waals surface area (Å²) in [5.41, 5.74) is 1.94. The van der Waals surface area contributed by atoms with Gasteiger partial charge in [0.15, 0.2) is 0 Å². The second-order valence-electron chi connectivity index (χ2n) is 4.28. The number of amides is 1. The standard InChI is InChI=1S/C13H16F2N2O2/c14-12(15)8-19-6-5-16-13(18)10-7-17-11-4-2-1-3-9(10)11/h1-4,10,12,17H,5-8H2,(H,16,18). The van der Waals surface area contributed by atoms with Crippen molar-refractivity contribution in [2.45, 2.75) is 12.3 Å². The van der Waals surface area contributed by atoms with Crippen molar-refractivity contribution < 1.29 is 18.3 Å². The van der Waals surface area contributed by atoms with Crippen LogP contribution in [0.2, 0.25) is 0 Å². The fourth-order valence-corrected chi connectivity index (χ4v) is 2.06. The summed E-state index contributed by atoms with van der Waals surface area (Å²) in [5.74, 6) is -0.343. The van der Waals surface area contributed by atoms with Gasteiger partial charge >= 0.3 is 0 Å². The molecule has 0 aromatic heterocycles. The average molecular weight is 270 g/mol. The lowest BCUT2D eigenvalue weighted by molar-refractivity contribution is -0.122. The minimum Gasteiger partial charge on any atom is -0.384 e. The van der Waals surface area contributed by atoms with Crippen LogP contribution in [0.4, 0.5) is 14.5 Å². The molecule has 1 atom stereocenters. The van der Waals surface area contributed by atoms with E-state index in [1.54, 1.807) is 0 Å². The van der Waals surface area contributed by atoms with Crippen molar-refractivity contribution in [1.29, 1.82) is 0 Å². The van der Waals surface area contributed by atoms with Crippen LogP contribution in [0.25, 0.3) is 0 Å². The maximum Gasteiger partial charge on any atom is 0.261 e. The third-order valence-corrected chi connectivity index (χ3v) is 2.94. The van der Waals surface area contributed by atoms with Crippen molar-refractivity contribution in [3.63, 3.8) is 0 Å². The quantitative estimate of drug-likeness (QED) is 0.772. The first kappa shape index (κ1) is 13.7. The van der Waals surface area contributed by atoms with Crippen LogP contribution < -0.4 is 10.6 Å². The van der Waals surface area contributed by atoms with Crippen molar-refractivity contribution in [3.8, 4) is 0 Å². The molecule has 2 N–H and O–H groups in total. The molecule has 0 radical (unpaired) electrons. The van der Waals surface area contributed by atoms with E-state index in [4.69, 9.17) is 4.74 Å². The summed E-state index contributed by atoms with van der Waals surface area (Å²) in [6, 6.07) is 7.63. The van der Waals surface area contributed by atoms with Crippen LogP contribution in [0.3, 0.4) is 0 Å². The largest absolute Gasteiger partial charge is 0.384 e. The van der Waals surface area contributed by atoms with Gasteiger partial charge in [0.2, 0.25) is 5.91 Å². The lowest BCUT2D eigenvalue weighted by atomic mass is 10.0. The van der Waals surface area contributed by atoms with Crippen molar-refractivity contribution in [1.82, 2.24) is 5.32 Å². The van der Waals surface area contributed by atoms with E-state index in [0.717, 1.165) is 11.3 Å². The van der Waals surface area contributed by atoms with Gasteiger partial charge in [-0.3, -0.25) is 4.79 Å². The zero-order valence-corrected chi connectivity index (χ0v) is 10.4. The zero-order chi connectivity index (χ0) is 13.7. The monoisotopic (exact) mass is 270 g/mol. The molecule has 1 aliphatic rings. The molecule has 0 saturated heterocycles. The van der Waals surface area contributed by atoms with Crippen LogP contribution in [0.1, 0.15) is 11.5 Å². The Bertz CT molecular complexity index is 440. The van der Waals surface area contributed by atoms with Crippen LogP contribution >= 0.6 is 0 Å². The van der Waals surface area contributed by atoms with Crippen molar-refractivity contribution in [3.05, 3.63) is 29.8 Å². The predicted molar refractivity (Wildman–Crippen MR) is 67.5 cm³/mol. The van der Waals surface area contributed by atoms with Gasteiger partial charge in [0.05, 0.1) is 12.5 Å². The molecule has 0 fully saturated rings. The van der Waals surface area contributed by atoms with Crippen LogP contribution in [0.15, 0.2) is 24.3 Å². The Morgan fingerprint density at radius 3 is 3.05 bits per heavy atom. The summed E-state index contributed by atoms with van der Waals surface area (Å²) in [5, 5.41) is 5.85. The molecular formula is C13H16F2N2O2. The number of ether oxygens (including phenoxy) is 1. The molecule has 0 aliphatic carbocycles. The number of para-hydroxylation sites is 1. The van der Waals surface area contributed by atoms with Gasteiger partial charge in [-0.05, 0) is 11.6 Å². The zero-order valence-electron chi connectivity index (χ0n) is 10.4. The number of carbonyl (C=O) groups excluding carboxylic acids is 1. The summed E-state index contributed by atoms with van der Waals surface area (Å²) >= 11 is 0. The molecule has 19 heavy (non-hydrogen) atoms. The number of hydrogen-bond donors (Lipinski definition) is 2. The number of rotatable bonds is 6. The molecule has 0 saturated carbocycles. The first-order valence-corrected chi connectivity index (χ1v) is 6.15. The normalized spacial score (nSPS) is 17.1. The van der Waals surface area contributed by atoms with Gasteiger partial charge < -0.3 is 15.4 Å². The van der Waals surface area contributed by atoms with E-state index in [9.17, 15) is 13.6 Å². The first-order valence-electron chi connectivity index (χ1n) is 6.15. The highest BCUT2D eigenvalue weighted by Gasteiger charge is 2.27. The van der Waals surface area contributed by atoms with Crippen LogP contribution in [-0.4, -0.2) is 38.6 Å². The Hall–Kier alpha value is -1.69. The lowest BCUT2D eigenvalue weighted by Gasteiger charge is -2.11. The van der Waals surface area contributed by atoms with Crippen molar-refractivity contribution >= 4 is 11.6 Å². The number of alkyl halides is 2. The Morgan fingerprint density at radius 1 is 1.47 bits per heavy atom. The summed E-state index contributed by atoms with van der Waals surface area (Å²) in [7, 11) is 0. The minimum atomic E-state index is -2.47. The molecular weight excluding hydrogens is 254 g/mol. The number of fused-ring (bicyclic) bond motifs is 1. The van der Waals surface area contributed by atoms with Gasteiger partial charge in [-0.1, -0.05) is 18.2 Å². The van der Waals surface area contributed by atoms with E-state index in [1.807, 2.05) is 24.3 Å². The summed E-state index contributed by atoms with van der Waals surface area (Å²) in [4.78, 5) is 12.0. The molecule has 0 bridgehead atoms. The highest BCUT2D eigenvalue weighted by molar-refractivity contribution is 5.88. The number of benzene rings is 1. The Balaban J connectivity index is 1.76. The van der Waals surface area contributed by atoms with Gasteiger partial charge in [0, 0.05) is 18.8 Å². The van der Waals surface area contributed by atoms with Gasteiger partial charge in [0.25, 0.3) is 6.43 Å². The molecule has 1 aromatic rings. The smallest absolute Gasteiger partial charge is 0.261 e. The Morgan fingerprint density at radius 2 is 2.26 bits per heavy atom.